The summed E-state index contributed by atoms with van der Waals surface area (Å²) in [6.07, 6.45) is -2.51. The summed E-state index contributed by atoms with van der Waals surface area (Å²) in [5.74, 6) is -0.223. The molecule has 0 aliphatic rings. The number of nitrogens with zero attached hydrogens (tertiary/aromatic N) is 1. The van der Waals surface area contributed by atoms with Crippen LogP contribution in [0.4, 0.5) is 8.78 Å². The molecule has 1 aromatic carbocycles. The topological polar surface area (TPSA) is 22.0 Å². The number of ketones is 1. The zero-order valence-electron chi connectivity index (χ0n) is 9.08. The number of alkyl halides is 2. The molecule has 17 heavy (non-hydrogen) atoms. The van der Waals surface area contributed by atoms with Crippen molar-refractivity contribution in [2.45, 2.75) is 19.9 Å². The SMILES string of the molecule is CC(=O)c1c(Cl)n(CC(F)F)c2ccccc12. The Morgan fingerprint density at radius 2 is 2.06 bits per heavy atom. The third-order valence-electron chi connectivity index (χ3n) is 2.58. The van der Waals surface area contributed by atoms with E-state index in [0.29, 0.717) is 16.5 Å². The normalized spacial score (nSPS) is 11.4. The Hall–Kier alpha value is -1.42. The summed E-state index contributed by atoms with van der Waals surface area (Å²) in [5, 5.41) is 0.699. The van der Waals surface area contributed by atoms with Crippen molar-refractivity contribution >= 4 is 28.3 Å². The van der Waals surface area contributed by atoms with Gasteiger partial charge in [-0.1, -0.05) is 29.8 Å². The molecule has 0 unspecified atom stereocenters. The lowest BCUT2D eigenvalue weighted by atomic mass is 10.1. The van der Waals surface area contributed by atoms with Crippen LogP contribution >= 0.6 is 11.6 Å². The first-order valence-electron chi connectivity index (χ1n) is 5.08. The molecule has 0 fully saturated rings. The van der Waals surface area contributed by atoms with Gasteiger partial charge in [0.1, 0.15) is 5.15 Å². The van der Waals surface area contributed by atoms with Crippen molar-refractivity contribution in [2.75, 3.05) is 0 Å². The predicted octanol–water partition coefficient (Wildman–Crippen LogP) is 3.76. The van der Waals surface area contributed by atoms with E-state index in [0.717, 1.165) is 0 Å². The van der Waals surface area contributed by atoms with Gasteiger partial charge >= 0.3 is 0 Å². The first kappa shape index (κ1) is 12.0. The number of hydrogen-bond donors (Lipinski definition) is 0. The van der Waals surface area contributed by atoms with E-state index in [2.05, 4.69) is 0 Å². The smallest absolute Gasteiger partial charge is 0.256 e. The summed E-state index contributed by atoms with van der Waals surface area (Å²) in [6, 6.07) is 6.86. The van der Waals surface area contributed by atoms with Gasteiger partial charge in [-0.25, -0.2) is 8.78 Å². The molecule has 0 bridgehead atoms. The lowest BCUT2D eigenvalue weighted by Gasteiger charge is -2.05. The number of benzene rings is 1. The Balaban J connectivity index is 2.75. The zero-order chi connectivity index (χ0) is 12.6. The number of aromatic nitrogens is 1. The number of hydrogen-bond acceptors (Lipinski definition) is 1. The molecule has 0 amide bonds. The standard InChI is InChI=1S/C12H10ClF2NO/c1-7(17)11-8-4-2-3-5-9(8)16(12(11)13)6-10(14)15/h2-5,10H,6H2,1H3. The van der Waals surface area contributed by atoms with Crippen LogP contribution in [-0.4, -0.2) is 16.8 Å². The highest BCUT2D eigenvalue weighted by Crippen LogP contribution is 2.30. The molecule has 5 heteroatoms. The molecule has 1 heterocycles. The fourth-order valence-corrected chi connectivity index (χ4v) is 2.32. The first-order chi connectivity index (χ1) is 8.02. The van der Waals surface area contributed by atoms with Gasteiger partial charge in [-0.3, -0.25) is 4.79 Å². The van der Waals surface area contributed by atoms with Crippen molar-refractivity contribution in [3.8, 4) is 0 Å². The van der Waals surface area contributed by atoms with Crippen molar-refractivity contribution in [2.24, 2.45) is 0 Å². The average Bonchev–Trinajstić information content (AvgIpc) is 2.52. The molecule has 2 aromatic rings. The van der Waals surface area contributed by atoms with Crippen LogP contribution in [-0.2, 0) is 6.54 Å². The Morgan fingerprint density at radius 1 is 1.41 bits per heavy atom. The number of carbonyl (C=O) groups is 1. The lowest BCUT2D eigenvalue weighted by molar-refractivity contribution is 0.101. The molecule has 0 saturated carbocycles. The summed E-state index contributed by atoms with van der Waals surface area (Å²) in [6.45, 7) is 0.868. The highest BCUT2D eigenvalue weighted by molar-refractivity contribution is 6.35. The van der Waals surface area contributed by atoms with Crippen LogP contribution in [0.1, 0.15) is 17.3 Å². The number of rotatable bonds is 3. The second kappa shape index (κ2) is 4.45. The molecule has 0 saturated heterocycles. The van der Waals surface area contributed by atoms with Gasteiger partial charge in [-0.15, -0.1) is 0 Å². The van der Waals surface area contributed by atoms with Crippen LogP contribution in [0.2, 0.25) is 5.15 Å². The van der Waals surface area contributed by atoms with Crippen molar-refractivity contribution in [1.82, 2.24) is 4.57 Å². The monoisotopic (exact) mass is 257 g/mol. The molecule has 90 valence electrons. The molecule has 0 atom stereocenters. The quantitative estimate of drug-likeness (QED) is 0.768. The fraction of sp³-hybridized carbons (Fsp3) is 0.250. The Labute approximate surface area is 102 Å². The Bertz CT molecular complexity index is 577. The van der Waals surface area contributed by atoms with Crippen LogP contribution in [0.15, 0.2) is 24.3 Å². The summed E-state index contributed by atoms with van der Waals surface area (Å²) < 4.78 is 26.2. The van der Waals surface area contributed by atoms with Gasteiger partial charge in [0.15, 0.2) is 5.78 Å². The molecule has 0 aliphatic heterocycles. The number of Topliss-reactive ketones (excluding diaryl/α,β-unsaturated/α-hetero) is 1. The molecule has 2 rings (SSSR count). The van der Waals surface area contributed by atoms with Gasteiger partial charge in [-0.2, -0.15) is 0 Å². The minimum Gasteiger partial charge on any atom is -0.325 e. The van der Waals surface area contributed by atoms with E-state index in [4.69, 9.17) is 11.6 Å². The highest BCUT2D eigenvalue weighted by Gasteiger charge is 2.20. The lowest BCUT2D eigenvalue weighted by Crippen LogP contribution is -2.06. The first-order valence-corrected chi connectivity index (χ1v) is 5.46. The maximum absolute atomic E-state index is 12.5. The molecule has 0 spiro atoms. The molecule has 0 radical (unpaired) electrons. The van der Waals surface area contributed by atoms with Crippen molar-refractivity contribution < 1.29 is 13.6 Å². The number of carbonyl (C=O) groups excluding carboxylic acids is 1. The molecular formula is C12H10ClF2NO. The molecule has 1 aromatic heterocycles. The van der Waals surface area contributed by atoms with Crippen LogP contribution in [0.25, 0.3) is 10.9 Å². The minimum atomic E-state index is -2.51. The Kier molecular flexibility index (Phi) is 3.15. The fourth-order valence-electron chi connectivity index (χ4n) is 1.92. The van der Waals surface area contributed by atoms with Crippen molar-refractivity contribution in [1.29, 1.82) is 0 Å². The highest BCUT2D eigenvalue weighted by atomic mass is 35.5. The number of para-hydroxylation sites is 1. The molecule has 0 N–H and O–H groups in total. The summed E-state index contributed by atoms with van der Waals surface area (Å²) in [5.41, 5.74) is 0.867. The average molecular weight is 258 g/mol. The summed E-state index contributed by atoms with van der Waals surface area (Å²) in [7, 11) is 0. The third kappa shape index (κ3) is 2.05. The predicted molar refractivity (Wildman–Crippen MR) is 63.0 cm³/mol. The molecule has 2 nitrogen and oxygen atoms in total. The van der Waals surface area contributed by atoms with Gasteiger partial charge in [0.25, 0.3) is 6.43 Å². The maximum atomic E-state index is 12.5. The van der Waals surface area contributed by atoms with E-state index in [9.17, 15) is 13.6 Å². The van der Waals surface area contributed by atoms with Crippen molar-refractivity contribution in [3.05, 3.63) is 35.0 Å². The van der Waals surface area contributed by atoms with Gasteiger partial charge in [0.2, 0.25) is 0 Å². The van der Waals surface area contributed by atoms with E-state index in [1.807, 2.05) is 0 Å². The van der Waals surface area contributed by atoms with Crippen LogP contribution in [0.5, 0.6) is 0 Å². The summed E-state index contributed by atoms with van der Waals surface area (Å²) in [4.78, 5) is 11.5. The number of halogens is 3. The van der Waals surface area contributed by atoms with Gasteiger partial charge in [0, 0.05) is 5.39 Å². The van der Waals surface area contributed by atoms with Gasteiger partial charge in [-0.05, 0) is 13.0 Å². The van der Waals surface area contributed by atoms with E-state index < -0.39 is 13.0 Å². The van der Waals surface area contributed by atoms with Gasteiger partial charge in [0.05, 0.1) is 17.6 Å². The van der Waals surface area contributed by atoms with Crippen LogP contribution in [0, 0.1) is 0 Å². The minimum absolute atomic E-state index is 0.0824. The van der Waals surface area contributed by atoms with Gasteiger partial charge < -0.3 is 4.57 Å². The van der Waals surface area contributed by atoms with E-state index >= 15 is 0 Å². The summed E-state index contributed by atoms with van der Waals surface area (Å²) >= 11 is 6.00. The number of fused-ring (bicyclic) bond motifs is 1. The maximum Gasteiger partial charge on any atom is 0.256 e. The molecule has 0 aliphatic carbocycles. The zero-order valence-corrected chi connectivity index (χ0v) is 9.84. The Morgan fingerprint density at radius 3 is 2.65 bits per heavy atom. The molecular weight excluding hydrogens is 248 g/mol. The van der Waals surface area contributed by atoms with E-state index in [-0.39, 0.29) is 10.9 Å². The van der Waals surface area contributed by atoms with Crippen LogP contribution in [0.3, 0.4) is 0 Å². The van der Waals surface area contributed by atoms with E-state index in [1.54, 1.807) is 24.3 Å². The second-order valence-corrected chi connectivity index (χ2v) is 4.10. The second-order valence-electron chi connectivity index (χ2n) is 3.74. The van der Waals surface area contributed by atoms with Crippen LogP contribution < -0.4 is 0 Å². The third-order valence-corrected chi connectivity index (χ3v) is 2.97. The van der Waals surface area contributed by atoms with Crippen molar-refractivity contribution in [3.63, 3.8) is 0 Å². The van der Waals surface area contributed by atoms with E-state index in [1.165, 1.54) is 11.5 Å². The largest absolute Gasteiger partial charge is 0.325 e.